The van der Waals surface area contributed by atoms with Crippen molar-refractivity contribution in [3.63, 3.8) is 0 Å². The van der Waals surface area contributed by atoms with E-state index in [1.54, 1.807) is 12.4 Å². The summed E-state index contributed by atoms with van der Waals surface area (Å²) in [6.07, 6.45) is 7.79. The van der Waals surface area contributed by atoms with Crippen LogP contribution in [0.2, 0.25) is 0 Å². The van der Waals surface area contributed by atoms with Crippen molar-refractivity contribution >= 4 is 5.91 Å². The van der Waals surface area contributed by atoms with Crippen LogP contribution < -0.4 is 4.74 Å². The molecule has 4 nitrogen and oxygen atoms in total. The van der Waals surface area contributed by atoms with Gasteiger partial charge in [0.15, 0.2) is 0 Å². The Morgan fingerprint density at radius 1 is 1.28 bits per heavy atom. The molecule has 3 rings (SSSR count). The molecule has 1 amide bonds. The molecular formula is C14H18N2O2. The first kappa shape index (κ1) is 11.5. The lowest BCUT2D eigenvalue weighted by molar-refractivity contribution is -0.135. The maximum Gasteiger partial charge on any atom is 0.225 e. The molecule has 2 heterocycles. The van der Waals surface area contributed by atoms with Crippen LogP contribution in [0.4, 0.5) is 0 Å². The van der Waals surface area contributed by atoms with Gasteiger partial charge in [-0.3, -0.25) is 9.78 Å². The number of pyridine rings is 1. The fourth-order valence-corrected chi connectivity index (χ4v) is 2.43. The molecule has 0 bridgehead atoms. The Kier molecular flexibility index (Phi) is 3.17. The van der Waals surface area contributed by atoms with E-state index < -0.39 is 0 Å². The number of likely N-dealkylation sites (tertiary alicyclic amines) is 1. The van der Waals surface area contributed by atoms with Crippen LogP contribution in [0.3, 0.4) is 0 Å². The van der Waals surface area contributed by atoms with E-state index in [-0.39, 0.29) is 6.10 Å². The fourth-order valence-electron chi connectivity index (χ4n) is 2.43. The van der Waals surface area contributed by atoms with Crippen LogP contribution in [0.5, 0.6) is 5.75 Å². The van der Waals surface area contributed by atoms with Crippen molar-refractivity contribution in [2.24, 2.45) is 5.92 Å². The molecule has 1 aromatic heterocycles. The molecule has 0 aromatic carbocycles. The Bertz CT molecular complexity index is 417. The summed E-state index contributed by atoms with van der Waals surface area (Å²) in [6.45, 7) is 1.63. The Hall–Kier alpha value is -1.58. The van der Waals surface area contributed by atoms with Gasteiger partial charge in [-0.05, 0) is 37.8 Å². The third kappa shape index (κ3) is 2.63. The van der Waals surface area contributed by atoms with Gasteiger partial charge >= 0.3 is 0 Å². The standard InChI is InChI=1S/C14H18N2O2/c17-14(11-3-4-11)16-9-1-2-13(10-16)18-12-5-7-15-8-6-12/h5-8,11,13H,1-4,9-10H2/t13-/m1/s1. The third-order valence-corrected chi connectivity index (χ3v) is 3.57. The molecule has 1 atom stereocenters. The Morgan fingerprint density at radius 2 is 2.06 bits per heavy atom. The van der Waals surface area contributed by atoms with Crippen LogP contribution in [0.1, 0.15) is 25.7 Å². The number of carbonyl (C=O) groups excluding carboxylic acids is 1. The number of hydrogen-bond acceptors (Lipinski definition) is 3. The largest absolute Gasteiger partial charge is 0.488 e. The van der Waals surface area contributed by atoms with Gasteiger partial charge in [-0.15, -0.1) is 0 Å². The summed E-state index contributed by atoms with van der Waals surface area (Å²) >= 11 is 0. The second-order valence-electron chi connectivity index (χ2n) is 5.12. The predicted octanol–water partition coefficient (Wildman–Crippen LogP) is 1.86. The zero-order valence-corrected chi connectivity index (χ0v) is 10.4. The van der Waals surface area contributed by atoms with Gasteiger partial charge in [-0.2, -0.15) is 0 Å². The van der Waals surface area contributed by atoms with Gasteiger partial charge in [0, 0.05) is 24.9 Å². The molecule has 0 radical (unpaired) electrons. The van der Waals surface area contributed by atoms with Crippen molar-refractivity contribution in [3.8, 4) is 5.75 Å². The molecule has 1 aliphatic carbocycles. The summed E-state index contributed by atoms with van der Waals surface area (Å²) in [6, 6.07) is 3.73. The average Bonchev–Trinajstić information content (AvgIpc) is 3.24. The summed E-state index contributed by atoms with van der Waals surface area (Å²) in [7, 11) is 0. The molecule has 96 valence electrons. The minimum Gasteiger partial charge on any atom is -0.488 e. The molecule has 0 unspecified atom stereocenters. The highest BCUT2D eigenvalue weighted by molar-refractivity contribution is 5.81. The van der Waals surface area contributed by atoms with E-state index in [1.807, 2.05) is 17.0 Å². The van der Waals surface area contributed by atoms with E-state index in [9.17, 15) is 4.79 Å². The molecule has 0 N–H and O–H groups in total. The number of piperidine rings is 1. The molecule has 1 saturated carbocycles. The molecule has 4 heteroatoms. The van der Waals surface area contributed by atoms with Crippen molar-refractivity contribution in [2.45, 2.75) is 31.8 Å². The minimum atomic E-state index is 0.129. The zero-order chi connectivity index (χ0) is 12.4. The molecule has 18 heavy (non-hydrogen) atoms. The Labute approximate surface area is 107 Å². The van der Waals surface area contributed by atoms with Crippen LogP contribution in [0, 0.1) is 5.92 Å². The van der Waals surface area contributed by atoms with E-state index in [2.05, 4.69) is 4.98 Å². The lowest BCUT2D eigenvalue weighted by Gasteiger charge is -2.33. The van der Waals surface area contributed by atoms with Gasteiger partial charge in [-0.1, -0.05) is 0 Å². The normalized spacial score (nSPS) is 23.8. The topological polar surface area (TPSA) is 42.4 Å². The van der Waals surface area contributed by atoms with Gasteiger partial charge in [0.25, 0.3) is 0 Å². The first-order chi connectivity index (χ1) is 8.83. The number of nitrogens with zero attached hydrogens (tertiary/aromatic N) is 2. The molecule has 1 aliphatic heterocycles. The van der Waals surface area contributed by atoms with Crippen LogP contribution >= 0.6 is 0 Å². The average molecular weight is 246 g/mol. The highest BCUT2D eigenvalue weighted by atomic mass is 16.5. The SMILES string of the molecule is O=C(C1CC1)N1CCC[C@@H](Oc2ccncc2)C1. The van der Waals surface area contributed by atoms with Gasteiger partial charge < -0.3 is 9.64 Å². The molecule has 2 aliphatic rings. The van der Waals surface area contributed by atoms with Crippen LogP contribution in [0.25, 0.3) is 0 Å². The molecule has 0 spiro atoms. The molecule has 2 fully saturated rings. The van der Waals surface area contributed by atoms with Crippen molar-refractivity contribution in [1.82, 2.24) is 9.88 Å². The van der Waals surface area contributed by atoms with Crippen LogP contribution in [-0.2, 0) is 4.79 Å². The number of hydrogen-bond donors (Lipinski definition) is 0. The van der Waals surface area contributed by atoms with Gasteiger partial charge in [0.05, 0.1) is 6.54 Å². The third-order valence-electron chi connectivity index (χ3n) is 3.57. The summed E-state index contributed by atoms with van der Waals surface area (Å²) < 4.78 is 5.90. The van der Waals surface area contributed by atoms with Gasteiger partial charge in [0.1, 0.15) is 11.9 Å². The number of rotatable bonds is 3. The summed E-state index contributed by atoms with van der Waals surface area (Å²) in [5.41, 5.74) is 0. The van der Waals surface area contributed by atoms with Crippen molar-refractivity contribution in [1.29, 1.82) is 0 Å². The van der Waals surface area contributed by atoms with Crippen molar-refractivity contribution < 1.29 is 9.53 Å². The zero-order valence-electron chi connectivity index (χ0n) is 10.4. The van der Waals surface area contributed by atoms with Gasteiger partial charge in [-0.25, -0.2) is 0 Å². The Morgan fingerprint density at radius 3 is 2.78 bits per heavy atom. The number of ether oxygens (including phenoxy) is 1. The summed E-state index contributed by atoms with van der Waals surface area (Å²) in [5, 5.41) is 0. The Balaban J connectivity index is 1.58. The molecule has 1 saturated heterocycles. The van der Waals surface area contributed by atoms with Crippen molar-refractivity contribution in [2.75, 3.05) is 13.1 Å². The highest BCUT2D eigenvalue weighted by Gasteiger charge is 2.35. The van der Waals surface area contributed by atoms with Gasteiger partial charge in [0.2, 0.25) is 5.91 Å². The highest BCUT2D eigenvalue weighted by Crippen LogP contribution is 2.32. The lowest BCUT2D eigenvalue weighted by Crippen LogP contribution is -2.45. The lowest BCUT2D eigenvalue weighted by atomic mass is 10.1. The summed E-state index contributed by atoms with van der Waals surface area (Å²) in [4.78, 5) is 18.0. The number of carbonyl (C=O) groups is 1. The van der Waals surface area contributed by atoms with E-state index in [0.29, 0.717) is 11.8 Å². The fraction of sp³-hybridized carbons (Fsp3) is 0.571. The van der Waals surface area contributed by atoms with Crippen LogP contribution in [-0.4, -0.2) is 35.0 Å². The smallest absolute Gasteiger partial charge is 0.225 e. The molecule has 1 aromatic rings. The van der Waals surface area contributed by atoms with E-state index in [1.165, 1.54) is 0 Å². The number of amides is 1. The van der Waals surface area contributed by atoms with Crippen molar-refractivity contribution in [3.05, 3.63) is 24.5 Å². The monoisotopic (exact) mass is 246 g/mol. The predicted molar refractivity (Wildman–Crippen MR) is 67.2 cm³/mol. The maximum atomic E-state index is 12.0. The number of aromatic nitrogens is 1. The quantitative estimate of drug-likeness (QED) is 0.817. The van der Waals surface area contributed by atoms with E-state index >= 15 is 0 Å². The maximum absolute atomic E-state index is 12.0. The second kappa shape index (κ2) is 4.96. The molecular weight excluding hydrogens is 228 g/mol. The van der Waals surface area contributed by atoms with E-state index in [4.69, 9.17) is 4.74 Å². The first-order valence-electron chi connectivity index (χ1n) is 6.68. The minimum absolute atomic E-state index is 0.129. The first-order valence-corrected chi connectivity index (χ1v) is 6.68. The van der Waals surface area contributed by atoms with Crippen LogP contribution in [0.15, 0.2) is 24.5 Å². The second-order valence-corrected chi connectivity index (χ2v) is 5.12. The summed E-state index contributed by atoms with van der Waals surface area (Å²) in [5.74, 6) is 1.48. The van der Waals surface area contributed by atoms with E-state index in [0.717, 1.165) is 44.5 Å².